The molecule has 0 amide bonds. The Bertz CT molecular complexity index is 653. The lowest BCUT2D eigenvalue weighted by Gasteiger charge is -2.32. The number of phenols is 1. The van der Waals surface area contributed by atoms with Crippen LogP contribution in [0.4, 0.5) is 0 Å². The van der Waals surface area contributed by atoms with Crippen LogP contribution in [0.1, 0.15) is 27.7 Å². The van der Waals surface area contributed by atoms with E-state index in [0.29, 0.717) is 5.52 Å². The zero-order valence-corrected chi connectivity index (χ0v) is 12.2. The first-order valence-corrected chi connectivity index (χ1v) is 6.73. The van der Waals surface area contributed by atoms with Crippen LogP contribution in [0.5, 0.6) is 5.75 Å². The van der Waals surface area contributed by atoms with Gasteiger partial charge in [0.25, 0.3) is 0 Å². The van der Waals surface area contributed by atoms with Gasteiger partial charge < -0.3 is 14.4 Å². The summed E-state index contributed by atoms with van der Waals surface area (Å²) in [6, 6.07) is 7.29. The number of fused-ring (bicyclic) bond motifs is 1. The lowest BCUT2D eigenvalue weighted by Crippen LogP contribution is -2.41. The third-order valence-electron chi connectivity index (χ3n) is 4.24. The second-order valence-electron chi connectivity index (χ2n) is 6.21. The molecule has 2 aromatic rings. The maximum absolute atomic E-state index is 9.77. The van der Waals surface area contributed by atoms with Gasteiger partial charge in [-0.25, -0.2) is 0 Å². The molecule has 2 heterocycles. The Morgan fingerprint density at radius 2 is 1.75 bits per heavy atom. The fourth-order valence-corrected chi connectivity index (χ4v) is 2.27. The highest BCUT2D eigenvalue weighted by atomic mass is 16.7. The second kappa shape index (κ2) is 4.20. The molecule has 1 aromatic carbocycles. The van der Waals surface area contributed by atoms with Gasteiger partial charge in [-0.05, 0) is 33.8 Å². The molecule has 1 saturated heterocycles. The minimum atomic E-state index is -0.431. The van der Waals surface area contributed by atoms with Crippen molar-refractivity contribution >= 4 is 23.5 Å². The molecule has 1 N–H and O–H groups in total. The van der Waals surface area contributed by atoms with Crippen LogP contribution < -0.4 is 5.46 Å². The third-order valence-corrected chi connectivity index (χ3v) is 4.24. The predicted molar refractivity (Wildman–Crippen MR) is 79.1 cm³/mol. The van der Waals surface area contributed by atoms with E-state index >= 15 is 0 Å². The van der Waals surface area contributed by atoms with Crippen molar-refractivity contribution in [2.24, 2.45) is 0 Å². The Kier molecular flexibility index (Phi) is 2.82. The van der Waals surface area contributed by atoms with Gasteiger partial charge in [-0.1, -0.05) is 18.2 Å². The molecule has 0 aliphatic carbocycles. The average Bonchev–Trinajstić information content (AvgIpc) is 2.58. The Balaban J connectivity index is 2.00. The highest BCUT2D eigenvalue weighted by molar-refractivity contribution is 6.62. The first-order valence-electron chi connectivity index (χ1n) is 6.73. The van der Waals surface area contributed by atoms with Crippen molar-refractivity contribution in [2.45, 2.75) is 38.9 Å². The molecule has 3 rings (SSSR count). The van der Waals surface area contributed by atoms with Crippen LogP contribution in [0, 0.1) is 0 Å². The highest BCUT2D eigenvalue weighted by Crippen LogP contribution is 2.36. The molecule has 1 aliphatic heterocycles. The number of phenolic OH excluding ortho intramolecular Hbond substituents is 1. The minimum absolute atomic E-state index is 0.183. The molecule has 0 atom stereocenters. The maximum Gasteiger partial charge on any atom is 0.496 e. The largest absolute Gasteiger partial charge is 0.506 e. The molecule has 0 spiro atoms. The summed E-state index contributed by atoms with van der Waals surface area (Å²) in [5.41, 5.74) is 0.714. The zero-order chi connectivity index (χ0) is 14.5. The number of aromatic nitrogens is 1. The van der Waals surface area contributed by atoms with Crippen molar-refractivity contribution in [3.8, 4) is 5.75 Å². The number of benzene rings is 1. The van der Waals surface area contributed by atoms with Crippen molar-refractivity contribution in [3.63, 3.8) is 0 Å². The zero-order valence-electron chi connectivity index (χ0n) is 12.2. The Labute approximate surface area is 118 Å². The van der Waals surface area contributed by atoms with Crippen LogP contribution in [-0.2, 0) is 9.31 Å². The van der Waals surface area contributed by atoms with E-state index in [0.717, 1.165) is 10.8 Å². The van der Waals surface area contributed by atoms with Crippen LogP contribution >= 0.6 is 0 Å². The second-order valence-corrected chi connectivity index (χ2v) is 6.21. The SMILES string of the molecule is CC1(C)OB(c2cnc3c(O)cccc3c2)OC1(C)C. The van der Waals surface area contributed by atoms with E-state index < -0.39 is 7.12 Å². The summed E-state index contributed by atoms with van der Waals surface area (Å²) in [6.45, 7) is 8.08. The maximum atomic E-state index is 9.77. The Hall–Kier alpha value is -1.59. The number of pyridine rings is 1. The number of rotatable bonds is 1. The lowest BCUT2D eigenvalue weighted by atomic mass is 9.80. The van der Waals surface area contributed by atoms with E-state index in [1.807, 2.05) is 39.8 Å². The molecule has 1 fully saturated rings. The molecule has 0 saturated carbocycles. The smallest absolute Gasteiger partial charge is 0.496 e. The van der Waals surface area contributed by atoms with Crippen molar-refractivity contribution in [2.75, 3.05) is 0 Å². The van der Waals surface area contributed by atoms with Crippen molar-refractivity contribution < 1.29 is 14.4 Å². The van der Waals surface area contributed by atoms with Gasteiger partial charge in [0.15, 0.2) is 0 Å². The van der Waals surface area contributed by atoms with Gasteiger partial charge in [-0.15, -0.1) is 0 Å². The first-order chi connectivity index (χ1) is 9.30. The molecule has 0 unspecified atom stereocenters. The normalized spacial score (nSPS) is 20.5. The average molecular weight is 271 g/mol. The molecule has 1 aliphatic rings. The third kappa shape index (κ3) is 1.98. The van der Waals surface area contributed by atoms with Crippen LogP contribution in [-0.4, -0.2) is 28.4 Å². The van der Waals surface area contributed by atoms with E-state index in [4.69, 9.17) is 9.31 Å². The number of hydrogen-bond donors (Lipinski definition) is 1. The summed E-state index contributed by atoms with van der Waals surface area (Å²) in [5, 5.41) is 10.6. The molecular formula is C15H18BNO3. The lowest BCUT2D eigenvalue weighted by molar-refractivity contribution is 0.00578. The fraction of sp³-hybridized carbons (Fsp3) is 0.400. The van der Waals surface area contributed by atoms with Gasteiger partial charge in [0.1, 0.15) is 11.3 Å². The van der Waals surface area contributed by atoms with E-state index in [1.165, 1.54) is 0 Å². The quantitative estimate of drug-likeness (QED) is 0.808. The van der Waals surface area contributed by atoms with Gasteiger partial charge in [-0.3, -0.25) is 4.98 Å². The summed E-state index contributed by atoms with van der Waals surface area (Å²) < 4.78 is 12.0. The van der Waals surface area contributed by atoms with E-state index in [1.54, 1.807) is 18.3 Å². The van der Waals surface area contributed by atoms with E-state index in [-0.39, 0.29) is 17.0 Å². The molecule has 4 nitrogen and oxygen atoms in total. The van der Waals surface area contributed by atoms with E-state index in [9.17, 15) is 5.11 Å². The molecular weight excluding hydrogens is 253 g/mol. The minimum Gasteiger partial charge on any atom is -0.506 e. The summed E-state index contributed by atoms with van der Waals surface area (Å²) in [4.78, 5) is 4.31. The van der Waals surface area contributed by atoms with Crippen LogP contribution in [0.25, 0.3) is 10.9 Å². The van der Waals surface area contributed by atoms with Crippen molar-refractivity contribution in [1.29, 1.82) is 0 Å². The molecule has 20 heavy (non-hydrogen) atoms. The Morgan fingerprint density at radius 3 is 2.40 bits per heavy atom. The summed E-state index contributed by atoms with van der Waals surface area (Å²) in [7, 11) is -0.431. The topological polar surface area (TPSA) is 51.6 Å². The molecule has 104 valence electrons. The number of nitrogens with zero attached hydrogens (tertiary/aromatic N) is 1. The molecule has 5 heteroatoms. The van der Waals surface area contributed by atoms with Gasteiger partial charge in [-0.2, -0.15) is 0 Å². The van der Waals surface area contributed by atoms with Gasteiger partial charge in [0.05, 0.1) is 11.2 Å². The number of hydrogen-bond acceptors (Lipinski definition) is 4. The first kappa shape index (κ1) is 13.4. The van der Waals surface area contributed by atoms with Gasteiger partial charge in [0.2, 0.25) is 0 Å². The van der Waals surface area contributed by atoms with Crippen LogP contribution in [0.2, 0.25) is 0 Å². The summed E-state index contributed by atoms with van der Waals surface area (Å²) in [6.07, 6.45) is 1.70. The fourth-order valence-electron chi connectivity index (χ4n) is 2.27. The molecule has 1 aromatic heterocycles. The number of para-hydroxylation sites is 1. The van der Waals surface area contributed by atoms with Crippen LogP contribution in [0.15, 0.2) is 30.5 Å². The standard InChI is InChI=1S/C15H18BNO3/c1-14(2)15(3,4)20-16(19-14)11-8-10-6-5-7-12(18)13(10)17-9-11/h5-9,18H,1-4H3. The van der Waals surface area contributed by atoms with Gasteiger partial charge >= 0.3 is 7.12 Å². The van der Waals surface area contributed by atoms with Crippen molar-refractivity contribution in [3.05, 3.63) is 30.5 Å². The highest BCUT2D eigenvalue weighted by Gasteiger charge is 2.51. The monoisotopic (exact) mass is 271 g/mol. The molecule has 0 bridgehead atoms. The van der Waals surface area contributed by atoms with E-state index in [2.05, 4.69) is 4.98 Å². The van der Waals surface area contributed by atoms with Gasteiger partial charge in [0, 0.05) is 17.0 Å². The number of aromatic hydroxyl groups is 1. The summed E-state index contributed by atoms with van der Waals surface area (Å²) >= 11 is 0. The van der Waals surface area contributed by atoms with Crippen LogP contribution in [0.3, 0.4) is 0 Å². The Morgan fingerprint density at radius 1 is 1.10 bits per heavy atom. The summed E-state index contributed by atoms with van der Waals surface area (Å²) in [5.74, 6) is 0.183. The predicted octanol–water partition coefficient (Wildman–Crippen LogP) is 2.24. The molecule has 0 radical (unpaired) electrons. The van der Waals surface area contributed by atoms with Crippen molar-refractivity contribution in [1.82, 2.24) is 4.98 Å².